The van der Waals surface area contributed by atoms with E-state index in [1.807, 2.05) is 48.7 Å². The molecule has 0 aliphatic rings. The Labute approximate surface area is 164 Å². The Balaban J connectivity index is 1.70. The molecule has 0 fully saturated rings. The summed E-state index contributed by atoms with van der Waals surface area (Å²) in [6, 6.07) is 17.2. The van der Waals surface area contributed by atoms with Gasteiger partial charge in [0.1, 0.15) is 11.6 Å². The topological polar surface area (TPSA) is 64.8 Å². The monoisotopic (exact) mass is 401 g/mol. The highest BCUT2D eigenvalue weighted by Crippen LogP contribution is 2.22. The number of rotatable bonds is 8. The van der Waals surface area contributed by atoms with Crippen molar-refractivity contribution in [2.75, 3.05) is 5.75 Å². The molecule has 0 atom stereocenters. The molecule has 0 amide bonds. The van der Waals surface area contributed by atoms with Gasteiger partial charge in [0.2, 0.25) is 0 Å². The maximum atomic E-state index is 12.7. The van der Waals surface area contributed by atoms with Crippen LogP contribution in [0.4, 0.5) is 0 Å². The number of nitrogens with zero attached hydrogens (tertiary/aromatic N) is 3. The van der Waals surface area contributed by atoms with Crippen molar-refractivity contribution in [1.29, 1.82) is 0 Å². The van der Waals surface area contributed by atoms with Gasteiger partial charge in [0.15, 0.2) is 15.0 Å². The molecule has 0 bridgehead atoms. The molecule has 0 unspecified atom stereocenters. The van der Waals surface area contributed by atoms with Crippen LogP contribution in [0.5, 0.6) is 0 Å². The van der Waals surface area contributed by atoms with Crippen LogP contribution in [0.3, 0.4) is 0 Å². The van der Waals surface area contributed by atoms with Gasteiger partial charge in [-0.15, -0.1) is 10.2 Å². The van der Waals surface area contributed by atoms with Crippen molar-refractivity contribution < 1.29 is 8.42 Å². The summed E-state index contributed by atoms with van der Waals surface area (Å²) in [6.45, 7) is 4.55. The van der Waals surface area contributed by atoms with E-state index < -0.39 is 9.84 Å². The fraction of sp³-hybridized carbons (Fsp3) is 0.300. The van der Waals surface area contributed by atoms with Gasteiger partial charge in [0.05, 0.1) is 4.90 Å². The van der Waals surface area contributed by atoms with Crippen LogP contribution < -0.4 is 0 Å². The molecule has 0 aliphatic heterocycles. The Bertz CT molecular complexity index is 982. The minimum atomic E-state index is -3.45. The first-order valence-electron chi connectivity index (χ1n) is 8.88. The van der Waals surface area contributed by atoms with Gasteiger partial charge in [0, 0.05) is 12.3 Å². The second-order valence-corrected chi connectivity index (χ2v) is 9.35. The molecule has 2 aromatic carbocycles. The molecule has 1 heterocycles. The van der Waals surface area contributed by atoms with Gasteiger partial charge in [-0.2, -0.15) is 0 Å². The minimum Gasteiger partial charge on any atom is -0.305 e. The highest BCUT2D eigenvalue weighted by molar-refractivity contribution is 7.99. The average Bonchev–Trinajstić information content (AvgIpc) is 3.04. The molecular formula is C20H23N3O2S2. The maximum Gasteiger partial charge on any atom is 0.191 e. The average molecular weight is 402 g/mol. The first-order valence-corrected chi connectivity index (χ1v) is 11.5. The summed E-state index contributed by atoms with van der Waals surface area (Å²) in [6.07, 6.45) is 0.930. The van der Waals surface area contributed by atoms with Crippen molar-refractivity contribution in [3.8, 4) is 0 Å². The third-order valence-corrected chi connectivity index (χ3v) is 6.87. The van der Waals surface area contributed by atoms with E-state index in [-0.39, 0.29) is 5.75 Å². The second-order valence-electron chi connectivity index (χ2n) is 6.30. The largest absolute Gasteiger partial charge is 0.305 e. The lowest BCUT2D eigenvalue weighted by Crippen LogP contribution is -2.11. The third-order valence-electron chi connectivity index (χ3n) is 4.27. The van der Waals surface area contributed by atoms with Crippen LogP contribution in [0.15, 0.2) is 64.6 Å². The zero-order valence-corrected chi connectivity index (χ0v) is 17.1. The van der Waals surface area contributed by atoms with Crippen molar-refractivity contribution in [3.63, 3.8) is 0 Å². The summed E-state index contributed by atoms with van der Waals surface area (Å²) in [7, 11) is -3.45. The number of hydrogen-bond acceptors (Lipinski definition) is 5. The van der Waals surface area contributed by atoms with Crippen molar-refractivity contribution >= 4 is 21.6 Å². The second kappa shape index (κ2) is 8.71. The summed E-state index contributed by atoms with van der Waals surface area (Å²) in [5, 5.41) is 9.14. The van der Waals surface area contributed by atoms with Crippen LogP contribution in [-0.2, 0) is 28.6 Å². The Morgan fingerprint density at radius 2 is 1.70 bits per heavy atom. The number of benzene rings is 2. The number of thioether (sulfide) groups is 1. The Morgan fingerprint density at radius 1 is 1.00 bits per heavy atom. The molecule has 0 radical (unpaired) electrons. The van der Waals surface area contributed by atoms with E-state index in [4.69, 9.17) is 0 Å². The van der Waals surface area contributed by atoms with Gasteiger partial charge in [-0.05, 0) is 38.0 Å². The molecular weight excluding hydrogens is 378 g/mol. The Morgan fingerprint density at radius 3 is 2.37 bits per heavy atom. The highest BCUT2D eigenvalue weighted by atomic mass is 32.2. The van der Waals surface area contributed by atoms with Crippen LogP contribution in [0.1, 0.15) is 23.9 Å². The predicted molar refractivity (Wildman–Crippen MR) is 109 cm³/mol. The molecule has 0 saturated carbocycles. The number of aromatic nitrogens is 3. The molecule has 5 nitrogen and oxygen atoms in total. The van der Waals surface area contributed by atoms with Gasteiger partial charge in [-0.25, -0.2) is 8.42 Å². The van der Waals surface area contributed by atoms with Crippen LogP contribution in [-0.4, -0.2) is 28.9 Å². The minimum absolute atomic E-state index is 0.143. The number of sulfone groups is 1. The van der Waals surface area contributed by atoms with E-state index >= 15 is 0 Å². The van der Waals surface area contributed by atoms with Crippen molar-refractivity contribution in [1.82, 2.24) is 14.8 Å². The molecule has 0 N–H and O–H groups in total. The van der Waals surface area contributed by atoms with Crippen molar-refractivity contribution in [2.24, 2.45) is 0 Å². The smallest absolute Gasteiger partial charge is 0.191 e. The summed E-state index contributed by atoms with van der Waals surface area (Å²) in [4.78, 5) is 0.317. The summed E-state index contributed by atoms with van der Waals surface area (Å²) >= 11 is 1.61. The van der Waals surface area contributed by atoms with E-state index in [2.05, 4.69) is 22.3 Å². The van der Waals surface area contributed by atoms with E-state index in [1.54, 1.807) is 23.9 Å². The normalized spacial score (nSPS) is 11.6. The molecule has 3 aromatic rings. The SMILES string of the molecule is CCn1c(CS(=O)(=O)c2ccc(C)cc2)nnc1SCCc1ccccc1. The lowest BCUT2D eigenvalue weighted by atomic mass is 10.2. The summed E-state index contributed by atoms with van der Waals surface area (Å²) in [5.41, 5.74) is 2.30. The predicted octanol–water partition coefficient (Wildman–Crippen LogP) is 3.92. The molecule has 0 aliphatic carbocycles. The first-order chi connectivity index (χ1) is 13.0. The molecule has 1 aromatic heterocycles. The van der Waals surface area contributed by atoms with Crippen LogP contribution >= 0.6 is 11.8 Å². The van der Waals surface area contributed by atoms with Crippen molar-refractivity contribution in [2.45, 2.75) is 42.6 Å². The third kappa shape index (κ3) is 4.99. The highest BCUT2D eigenvalue weighted by Gasteiger charge is 2.21. The van der Waals surface area contributed by atoms with E-state index in [0.29, 0.717) is 17.3 Å². The maximum absolute atomic E-state index is 12.7. The number of aryl methyl sites for hydroxylation is 2. The first kappa shape index (κ1) is 19.6. The standard InChI is InChI=1S/C20H23N3O2S2/c1-3-23-19(15-27(24,25)18-11-9-16(2)10-12-18)21-22-20(23)26-14-13-17-7-5-4-6-8-17/h4-12H,3,13-15H2,1-2H3. The van der Waals surface area contributed by atoms with Gasteiger partial charge in [0.25, 0.3) is 0 Å². The van der Waals surface area contributed by atoms with Gasteiger partial charge >= 0.3 is 0 Å². The van der Waals surface area contributed by atoms with Gasteiger partial charge in [-0.1, -0.05) is 59.8 Å². The van der Waals surface area contributed by atoms with E-state index in [1.165, 1.54) is 5.56 Å². The molecule has 142 valence electrons. The molecule has 0 spiro atoms. The van der Waals surface area contributed by atoms with Crippen LogP contribution in [0.2, 0.25) is 0 Å². The molecule has 3 rings (SSSR count). The Kier molecular flexibility index (Phi) is 6.34. The lowest BCUT2D eigenvalue weighted by molar-refractivity contribution is 0.588. The van der Waals surface area contributed by atoms with E-state index in [0.717, 1.165) is 22.9 Å². The fourth-order valence-corrected chi connectivity index (χ4v) is 5.03. The lowest BCUT2D eigenvalue weighted by Gasteiger charge is -2.08. The fourth-order valence-electron chi connectivity index (χ4n) is 2.75. The molecule has 7 heteroatoms. The van der Waals surface area contributed by atoms with Crippen molar-refractivity contribution in [3.05, 3.63) is 71.5 Å². The van der Waals surface area contributed by atoms with E-state index in [9.17, 15) is 8.42 Å². The summed E-state index contributed by atoms with van der Waals surface area (Å²) in [5.74, 6) is 1.21. The zero-order valence-electron chi connectivity index (χ0n) is 15.5. The molecule has 0 saturated heterocycles. The van der Waals surface area contributed by atoms with Crippen LogP contribution in [0, 0.1) is 6.92 Å². The molecule has 27 heavy (non-hydrogen) atoms. The quantitative estimate of drug-likeness (QED) is 0.535. The zero-order chi connectivity index (χ0) is 19.3. The summed E-state index contributed by atoms with van der Waals surface area (Å²) < 4.78 is 27.3. The number of hydrogen-bond donors (Lipinski definition) is 0. The Hall–Kier alpha value is -2.12. The van der Waals surface area contributed by atoms with Crippen LogP contribution in [0.25, 0.3) is 0 Å². The van der Waals surface area contributed by atoms with Gasteiger partial charge < -0.3 is 4.57 Å². The van der Waals surface area contributed by atoms with Gasteiger partial charge in [-0.3, -0.25) is 0 Å².